The van der Waals surface area contributed by atoms with Crippen molar-refractivity contribution in [2.75, 3.05) is 24.6 Å². The Balaban J connectivity index is 6.86. The Labute approximate surface area is 159 Å². The normalized spacial score (nSPS) is 15.1. The summed E-state index contributed by atoms with van der Waals surface area (Å²) in [6, 6.07) is 0. The number of rotatable bonds is 15. The Morgan fingerprint density at radius 2 is 0.846 bits per heavy atom. The van der Waals surface area contributed by atoms with E-state index in [9.17, 15) is 24.6 Å². The van der Waals surface area contributed by atoms with Crippen molar-refractivity contribution in [2.45, 2.75) is 79.1 Å². The molecule has 0 bridgehead atoms. The molecule has 0 aromatic heterocycles. The van der Waals surface area contributed by atoms with E-state index in [4.69, 9.17) is 0 Å². The number of halogens is 2. The van der Waals surface area contributed by atoms with E-state index in [1.54, 1.807) is 0 Å². The van der Waals surface area contributed by atoms with Crippen molar-refractivity contribution in [2.24, 2.45) is 0 Å². The zero-order valence-electron chi connectivity index (χ0n) is 16.6. The van der Waals surface area contributed by atoms with Crippen LogP contribution in [-0.4, -0.2) is 45.0 Å². The molecule has 10 heteroatoms. The van der Waals surface area contributed by atoms with Crippen molar-refractivity contribution in [3.8, 4) is 0 Å². The van der Waals surface area contributed by atoms with Crippen LogP contribution in [0.3, 0.4) is 0 Å². The third kappa shape index (κ3) is 6.64. The molecule has 0 atom stereocenters. The van der Waals surface area contributed by atoms with E-state index in [1.165, 1.54) is 0 Å². The molecule has 160 valence electrons. The summed E-state index contributed by atoms with van der Waals surface area (Å²) in [6.45, 7) is 3.69. The first-order chi connectivity index (χ1) is 11.9. The zero-order valence-corrected chi connectivity index (χ0v) is 19.1. The van der Waals surface area contributed by atoms with E-state index in [-0.39, 0.29) is 28.1 Å². The van der Waals surface area contributed by atoms with Crippen molar-refractivity contribution >= 4 is 27.6 Å². The Morgan fingerprint density at radius 1 is 0.615 bits per heavy atom. The van der Waals surface area contributed by atoms with Gasteiger partial charge in [0.05, 0.1) is 0 Å². The van der Waals surface area contributed by atoms with Gasteiger partial charge in [0.1, 0.15) is 0 Å². The van der Waals surface area contributed by atoms with Crippen LogP contribution in [-0.2, 0) is 20.8 Å². The van der Waals surface area contributed by atoms with Crippen molar-refractivity contribution < 1.29 is 24.6 Å². The molecule has 0 saturated carbocycles. The summed E-state index contributed by atoms with van der Waals surface area (Å²) in [4.78, 5) is 0. The third-order valence-electron chi connectivity index (χ3n) is 5.18. The molecule has 0 N–H and O–H groups in total. The maximum absolute atomic E-state index is 14.3. The van der Waals surface area contributed by atoms with Crippen molar-refractivity contribution in [1.82, 2.24) is 3.48 Å². The van der Waals surface area contributed by atoms with Crippen molar-refractivity contribution in [3.05, 3.63) is 0 Å². The Bertz CT molecular complexity index is 551. The third-order valence-corrected chi connectivity index (χ3v) is 17.7. The fourth-order valence-corrected chi connectivity index (χ4v) is 17.6. The van der Waals surface area contributed by atoms with Crippen LogP contribution in [0.15, 0.2) is 0 Å². The molecule has 0 heterocycles. The predicted molar refractivity (Wildman–Crippen MR) is 108 cm³/mol. The van der Waals surface area contributed by atoms with Gasteiger partial charge in [-0.2, -0.15) is 0 Å². The molecule has 0 rings (SSSR count). The average molecular weight is 440 g/mol. The molecule has 0 saturated heterocycles. The van der Waals surface area contributed by atoms with Gasteiger partial charge in [0.25, 0.3) is 0 Å². The quantitative estimate of drug-likeness (QED) is 0.253. The van der Waals surface area contributed by atoms with Crippen LogP contribution in [0, 0.1) is 0 Å². The van der Waals surface area contributed by atoms with E-state index in [0.29, 0.717) is 51.4 Å². The molecule has 26 heavy (non-hydrogen) atoms. The predicted octanol–water partition coefficient (Wildman–Crippen LogP) is 5.39. The second-order valence-electron chi connectivity index (χ2n) is 7.28. The van der Waals surface area contributed by atoms with Gasteiger partial charge < -0.3 is 0 Å². The number of unbranched alkanes of at least 4 members (excludes halogenated alkanes) is 4. The minimum atomic E-state index is -5.73. The van der Waals surface area contributed by atoms with Crippen LogP contribution in [0.2, 0.25) is 0 Å². The monoisotopic (exact) mass is 439 g/mol. The molecule has 0 spiro atoms. The summed E-state index contributed by atoms with van der Waals surface area (Å²) in [6.07, 6.45) is 6.05. The van der Waals surface area contributed by atoms with Crippen molar-refractivity contribution in [3.63, 3.8) is 0 Å². The second-order valence-corrected chi connectivity index (χ2v) is 16.4. The Kier molecular flexibility index (Phi) is 10.7. The SMILES string of the molecule is CCCCP(CCCC)(CCCC)(CCCC)N(S(=O)(=O)F)S(=O)(=O)F. The van der Waals surface area contributed by atoms with E-state index < -0.39 is 27.6 Å². The molecule has 0 fully saturated rings. The van der Waals surface area contributed by atoms with E-state index in [1.807, 2.05) is 27.7 Å². The summed E-state index contributed by atoms with van der Waals surface area (Å²) in [5.41, 5.74) is 0. The molecule has 5 nitrogen and oxygen atoms in total. The number of hydrogen-bond acceptors (Lipinski definition) is 4. The average Bonchev–Trinajstić information content (AvgIpc) is 2.52. The van der Waals surface area contributed by atoms with Gasteiger partial charge in [-0.05, 0) is 0 Å². The van der Waals surface area contributed by atoms with Crippen LogP contribution in [0.4, 0.5) is 7.77 Å². The van der Waals surface area contributed by atoms with Gasteiger partial charge in [0.15, 0.2) is 0 Å². The van der Waals surface area contributed by atoms with Gasteiger partial charge in [0, 0.05) is 0 Å². The molecule has 0 aliphatic carbocycles. The molecule has 0 unspecified atom stereocenters. The summed E-state index contributed by atoms with van der Waals surface area (Å²) < 4.78 is 76.2. The fourth-order valence-electron chi connectivity index (χ4n) is 3.91. The Morgan fingerprint density at radius 3 is 1.00 bits per heavy atom. The summed E-state index contributed by atoms with van der Waals surface area (Å²) in [5.74, 6) is 0. The van der Waals surface area contributed by atoms with Gasteiger partial charge in [-0.3, -0.25) is 0 Å². The molecule has 0 aromatic carbocycles. The summed E-state index contributed by atoms with van der Waals surface area (Å²) in [5, 5.41) is 0. The molecule has 0 radical (unpaired) electrons. The first kappa shape index (κ1) is 26.1. The topological polar surface area (TPSA) is 71.5 Å². The van der Waals surface area contributed by atoms with Crippen LogP contribution < -0.4 is 0 Å². The standard InChI is InChI=1S/C16H36F2NO4PS2/c1-5-9-13-24(14-10-6-2,15-11-7-3,16-12-8-4)19(25(17,20)21)26(18,22)23/h5-16H2,1-4H3. The van der Waals surface area contributed by atoms with Gasteiger partial charge in [-0.1, -0.05) is 0 Å². The maximum atomic E-state index is 14.3. The zero-order chi connectivity index (χ0) is 20.5. The first-order valence-electron chi connectivity index (χ1n) is 9.63. The molecule has 0 aliphatic heterocycles. The van der Waals surface area contributed by atoms with Crippen molar-refractivity contribution in [1.29, 1.82) is 0 Å². The van der Waals surface area contributed by atoms with E-state index in [2.05, 4.69) is 0 Å². The molecule has 0 aromatic rings. The van der Waals surface area contributed by atoms with Crippen LogP contribution in [0.5, 0.6) is 0 Å². The summed E-state index contributed by atoms with van der Waals surface area (Å²) >= 11 is 0. The number of nitrogens with zero attached hydrogens (tertiary/aromatic N) is 1. The van der Waals surface area contributed by atoms with Crippen LogP contribution in [0.1, 0.15) is 79.1 Å². The fraction of sp³-hybridized carbons (Fsp3) is 1.00. The van der Waals surface area contributed by atoms with Gasteiger partial charge in [0.2, 0.25) is 0 Å². The molecular weight excluding hydrogens is 403 g/mol. The van der Waals surface area contributed by atoms with Crippen LogP contribution >= 0.6 is 6.75 Å². The van der Waals surface area contributed by atoms with E-state index in [0.717, 1.165) is 0 Å². The van der Waals surface area contributed by atoms with Gasteiger partial charge in [-0.25, -0.2) is 0 Å². The van der Waals surface area contributed by atoms with Crippen LogP contribution in [0.25, 0.3) is 0 Å². The summed E-state index contributed by atoms with van der Waals surface area (Å²) in [7, 11) is -11.5. The number of hydrogen-bond donors (Lipinski definition) is 0. The second kappa shape index (κ2) is 10.6. The molecule has 0 amide bonds. The minimum absolute atomic E-state index is 0.248. The van der Waals surface area contributed by atoms with Gasteiger partial charge in [-0.15, -0.1) is 0 Å². The van der Waals surface area contributed by atoms with Gasteiger partial charge >= 0.3 is 159 Å². The molecular formula is C16H36F2NO4PS2. The molecule has 0 aliphatic rings. The van der Waals surface area contributed by atoms with E-state index >= 15 is 0 Å². The Hall–Kier alpha value is 0.150. The first-order valence-corrected chi connectivity index (χ1v) is 15.2.